The summed E-state index contributed by atoms with van der Waals surface area (Å²) in [5.41, 5.74) is 6.11. The summed E-state index contributed by atoms with van der Waals surface area (Å²) in [5.74, 6) is 0.957. The van der Waals surface area contributed by atoms with Gasteiger partial charge in [0.2, 0.25) is 5.95 Å². The molecule has 0 aromatic carbocycles. The van der Waals surface area contributed by atoms with Crippen LogP contribution in [-0.4, -0.2) is 39.8 Å². The molecule has 1 saturated heterocycles. The average molecular weight is 238 g/mol. The van der Waals surface area contributed by atoms with Gasteiger partial charge in [-0.15, -0.1) is 0 Å². The number of aliphatic hydroxyl groups is 1. The molecule has 1 atom stereocenters. The average Bonchev–Trinajstić information content (AvgIpc) is 2.77. The highest BCUT2D eigenvalue weighted by Crippen LogP contribution is 2.19. The van der Waals surface area contributed by atoms with Gasteiger partial charge in [0.25, 0.3) is 0 Å². The molecule has 1 fully saturated rings. The number of rotatable bonds is 3. The van der Waals surface area contributed by atoms with Gasteiger partial charge in [-0.1, -0.05) is 12.2 Å². The summed E-state index contributed by atoms with van der Waals surface area (Å²) in [6, 6.07) is 1.70. The monoisotopic (exact) mass is 238 g/mol. The van der Waals surface area contributed by atoms with Gasteiger partial charge >= 0.3 is 0 Å². The highest BCUT2D eigenvalue weighted by Gasteiger charge is 2.23. The van der Waals surface area contributed by atoms with Crippen molar-refractivity contribution in [2.75, 3.05) is 24.6 Å². The molecule has 1 aromatic heterocycles. The summed E-state index contributed by atoms with van der Waals surface area (Å²) in [7, 11) is 0. The zero-order valence-corrected chi connectivity index (χ0v) is 9.65. The van der Waals surface area contributed by atoms with Crippen LogP contribution in [0.1, 0.15) is 12.1 Å². The zero-order chi connectivity index (χ0) is 11.5. The molecule has 1 aliphatic rings. The lowest BCUT2D eigenvalue weighted by molar-refractivity contribution is 0.238. The van der Waals surface area contributed by atoms with Gasteiger partial charge in [0, 0.05) is 31.8 Å². The van der Waals surface area contributed by atoms with E-state index in [0.29, 0.717) is 17.6 Å². The number of anilines is 1. The first kappa shape index (κ1) is 11.2. The molecule has 0 spiro atoms. The maximum atomic E-state index is 9.07. The summed E-state index contributed by atoms with van der Waals surface area (Å²) in [6.45, 7) is 1.87. The Morgan fingerprint density at radius 3 is 3.12 bits per heavy atom. The second-order valence-electron chi connectivity index (χ2n) is 3.89. The van der Waals surface area contributed by atoms with Crippen molar-refractivity contribution in [3.63, 3.8) is 0 Å². The summed E-state index contributed by atoms with van der Waals surface area (Å²) in [4.78, 5) is 10.8. The minimum atomic E-state index is 0.214. The largest absolute Gasteiger partial charge is 0.396 e. The summed E-state index contributed by atoms with van der Waals surface area (Å²) in [5, 5.41) is 9.07. The van der Waals surface area contributed by atoms with Gasteiger partial charge < -0.3 is 15.7 Å². The molecule has 1 aromatic rings. The van der Waals surface area contributed by atoms with Crippen LogP contribution in [0.3, 0.4) is 0 Å². The van der Waals surface area contributed by atoms with E-state index >= 15 is 0 Å². The van der Waals surface area contributed by atoms with E-state index < -0.39 is 0 Å². The Balaban J connectivity index is 2.15. The fourth-order valence-corrected chi connectivity index (χ4v) is 1.92. The van der Waals surface area contributed by atoms with Crippen LogP contribution >= 0.6 is 12.2 Å². The number of aromatic nitrogens is 2. The lowest BCUT2D eigenvalue weighted by atomic mass is 10.1. The molecule has 1 unspecified atom stereocenters. The van der Waals surface area contributed by atoms with E-state index in [0.717, 1.165) is 19.5 Å². The van der Waals surface area contributed by atoms with E-state index in [4.69, 9.17) is 23.1 Å². The Bertz CT molecular complexity index is 398. The van der Waals surface area contributed by atoms with Gasteiger partial charge in [-0.25, -0.2) is 9.97 Å². The third-order valence-electron chi connectivity index (χ3n) is 2.72. The van der Waals surface area contributed by atoms with Crippen LogP contribution in [0.5, 0.6) is 0 Å². The van der Waals surface area contributed by atoms with E-state index in [1.54, 1.807) is 12.3 Å². The molecule has 16 heavy (non-hydrogen) atoms. The number of nitrogens with two attached hydrogens (primary N) is 1. The van der Waals surface area contributed by atoms with Crippen molar-refractivity contribution >= 4 is 23.2 Å². The summed E-state index contributed by atoms with van der Waals surface area (Å²) < 4.78 is 0. The minimum Gasteiger partial charge on any atom is -0.396 e. The predicted octanol–water partition coefficient (Wildman–Crippen LogP) is -0.0706. The van der Waals surface area contributed by atoms with E-state index in [-0.39, 0.29) is 11.6 Å². The van der Waals surface area contributed by atoms with Crippen molar-refractivity contribution in [1.29, 1.82) is 0 Å². The Kier molecular flexibility index (Phi) is 3.31. The van der Waals surface area contributed by atoms with Gasteiger partial charge in [-0.3, -0.25) is 0 Å². The van der Waals surface area contributed by atoms with Crippen LogP contribution < -0.4 is 10.6 Å². The van der Waals surface area contributed by atoms with E-state index in [1.165, 1.54) is 0 Å². The quantitative estimate of drug-likeness (QED) is 0.718. The Morgan fingerprint density at radius 1 is 1.69 bits per heavy atom. The SMILES string of the molecule is NC(=S)c1ccnc(N2CCC(CO)C2)n1. The van der Waals surface area contributed by atoms with E-state index in [9.17, 15) is 0 Å². The summed E-state index contributed by atoms with van der Waals surface area (Å²) in [6.07, 6.45) is 2.63. The standard InChI is InChI=1S/C10H14N4OS/c11-9(16)8-1-3-12-10(13-8)14-4-2-7(5-14)6-15/h1,3,7,15H,2,4-6H2,(H2,11,16). The molecular weight excluding hydrogens is 224 g/mol. The normalized spacial score (nSPS) is 20.1. The van der Waals surface area contributed by atoms with Crippen molar-refractivity contribution < 1.29 is 5.11 Å². The first-order valence-corrected chi connectivity index (χ1v) is 5.60. The highest BCUT2D eigenvalue weighted by molar-refractivity contribution is 7.80. The van der Waals surface area contributed by atoms with Gasteiger partial charge in [0.1, 0.15) is 10.7 Å². The molecular formula is C10H14N4OS. The van der Waals surface area contributed by atoms with Gasteiger partial charge in [0.05, 0.1) is 0 Å². The van der Waals surface area contributed by atoms with Crippen LogP contribution in [0, 0.1) is 5.92 Å². The van der Waals surface area contributed by atoms with Crippen LogP contribution in [0.2, 0.25) is 0 Å². The maximum Gasteiger partial charge on any atom is 0.225 e. The van der Waals surface area contributed by atoms with Crippen molar-refractivity contribution in [3.8, 4) is 0 Å². The fraction of sp³-hybridized carbons (Fsp3) is 0.500. The first-order chi connectivity index (χ1) is 7.70. The van der Waals surface area contributed by atoms with Crippen LogP contribution in [0.15, 0.2) is 12.3 Å². The van der Waals surface area contributed by atoms with E-state index in [2.05, 4.69) is 9.97 Å². The predicted molar refractivity (Wildman–Crippen MR) is 65.3 cm³/mol. The van der Waals surface area contributed by atoms with Crippen molar-refractivity contribution in [2.24, 2.45) is 11.7 Å². The molecule has 0 aliphatic carbocycles. The summed E-state index contributed by atoms with van der Waals surface area (Å²) >= 11 is 4.87. The number of thiocarbonyl (C=S) groups is 1. The third-order valence-corrected chi connectivity index (χ3v) is 2.93. The third kappa shape index (κ3) is 2.28. The molecule has 0 bridgehead atoms. The Labute approximate surface area is 99.3 Å². The van der Waals surface area contributed by atoms with Gasteiger partial charge in [-0.05, 0) is 12.5 Å². The molecule has 5 nitrogen and oxygen atoms in total. The number of nitrogens with zero attached hydrogens (tertiary/aromatic N) is 3. The molecule has 2 rings (SSSR count). The molecule has 0 radical (unpaired) electrons. The second kappa shape index (κ2) is 4.71. The minimum absolute atomic E-state index is 0.214. The smallest absolute Gasteiger partial charge is 0.225 e. The van der Waals surface area contributed by atoms with E-state index in [1.807, 2.05) is 4.90 Å². The Morgan fingerprint density at radius 2 is 2.50 bits per heavy atom. The van der Waals surface area contributed by atoms with Crippen LogP contribution in [0.4, 0.5) is 5.95 Å². The lowest BCUT2D eigenvalue weighted by Crippen LogP contribution is -2.24. The second-order valence-corrected chi connectivity index (χ2v) is 4.33. The molecule has 2 heterocycles. The fourth-order valence-electron chi connectivity index (χ4n) is 1.80. The Hall–Kier alpha value is -1.27. The highest BCUT2D eigenvalue weighted by atomic mass is 32.1. The van der Waals surface area contributed by atoms with Gasteiger partial charge in [-0.2, -0.15) is 0 Å². The molecule has 3 N–H and O–H groups in total. The first-order valence-electron chi connectivity index (χ1n) is 5.19. The number of aliphatic hydroxyl groups excluding tert-OH is 1. The number of hydrogen-bond donors (Lipinski definition) is 2. The van der Waals surface area contributed by atoms with Crippen molar-refractivity contribution in [3.05, 3.63) is 18.0 Å². The van der Waals surface area contributed by atoms with Crippen LogP contribution in [0.25, 0.3) is 0 Å². The maximum absolute atomic E-state index is 9.07. The molecule has 1 aliphatic heterocycles. The molecule has 86 valence electrons. The topological polar surface area (TPSA) is 75.3 Å². The molecule has 0 saturated carbocycles. The molecule has 6 heteroatoms. The van der Waals surface area contributed by atoms with Crippen molar-refractivity contribution in [1.82, 2.24) is 9.97 Å². The lowest BCUT2D eigenvalue weighted by Gasteiger charge is -2.16. The molecule has 0 amide bonds. The van der Waals surface area contributed by atoms with Crippen molar-refractivity contribution in [2.45, 2.75) is 6.42 Å². The zero-order valence-electron chi connectivity index (χ0n) is 8.83. The van der Waals surface area contributed by atoms with Gasteiger partial charge in [0.15, 0.2) is 0 Å². The van der Waals surface area contributed by atoms with Crippen LogP contribution in [-0.2, 0) is 0 Å². The number of hydrogen-bond acceptors (Lipinski definition) is 5.